The van der Waals surface area contributed by atoms with E-state index in [2.05, 4.69) is 0 Å². The molecule has 1 saturated heterocycles. The topological polar surface area (TPSA) is 66.8 Å². The molecule has 21 heavy (non-hydrogen) atoms. The van der Waals surface area contributed by atoms with Crippen molar-refractivity contribution in [1.82, 2.24) is 4.90 Å². The largest absolute Gasteiger partial charge is 0.481 e. The van der Waals surface area contributed by atoms with Crippen molar-refractivity contribution < 1.29 is 28.2 Å². The molecule has 1 aliphatic rings. The molecule has 1 aromatic rings. The zero-order chi connectivity index (χ0) is 15.6. The molecule has 1 aromatic carbocycles. The standard InChI is InChI=1S/C14H15F2NO4/c1-21-5-4-17-12(18)7-10(14(19)20)13(17)9-6-8(15)2-3-11(9)16/h2-3,6,10,13H,4-5,7H2,1H3,(H,19,20). The summed E-state index contributed by atoms with van der Waals surface area (Å²) >= 11 is 0. The molecule has 7 heteroatoms. The number of methoxy groups -OCH3 is 1. The summed E-state index contributed by atoms with van der Waals surface area (Å²) in [7, 11) is 1.44. The van der Waals surface area contributed by atoms with Gasteiger partial charge in [0.2, 0.25) is 5.91 Å². The number of hydrogen-bond acceptors (Lipinski definition) is 3. The van der Waals surface area contributed by atoms with Gasteiger partial charge in [0.25, 0.3) is 0 Å². The summed E-state index contributed by atoms with van der Waals surface area (Å²) in [5, 5.41) is 9.24. The van der Waals surface area contributed by atoms with E-state index in [0.717, 1.165) is 18.2 Å². The van der Waals surface area contributed by atoms with Gasteiger partial charge in [-0.2, -0.15) is 0 Å². The van der Waals surface area contributed by atoms with Crippen LogP contribution in [0.15, 0.2) is 18.2 Å². The lowest BCUT2D eigenvalue weighted by Gasteiger charge is -2.27. The number of hydrogen-bond donors (Lipinski definition) is 1. The number of ether oxygens (including phenoxy) is 1. The SMILES string of the molecule is COCCN1C(=O)CC(C(=O)O)C1c1cc(F)ccc1F. The Balaban J connectivity index is 2.43. The Morgan fingerprint density at radius 1 is 1.48 bits per heavy atom. The number of carboxylic acids is 1. The third-order valence-corrected chi connectivity index (χ3v) is 3.56. The summed E-state index contributed by atoms with van der Waals surface area (Å²) in [6.45, 7) is 0.311. The molecule has 2 rings (SSSR count). The summed E-state index contributed by atoms with van der Waals surface area (Å²) in [5.41, 5.74) is -0.121. The van der Waals surface area contributed by atoms with E-state index in [1.165, 1.54) is 12.0 Å². The van der Waals surface area contributed by atoms with Gasteiger partial charge in [-0.3, -0.25) is 9.59 Å². The van der Waals surface area contributed by atoms with E-state index in [9.17, 15) is 23.5 Å². The molecule has 0 bridgehead atoms. The summed E-state index contributed by atoms with van der Waals surface area (Å²) in [4.78, 5) is 24.5. The Morgan fingerprint density at radius 3 is 2.81 bits per heavy atom. The van der Waals surface area contributed by atoms with E-state index in [4.69, 9.17) is 4.74 Å². The van der Waals surface area contributed by atoms with Gasteiger partial charge >= 0.3 is 5.97 Å². The lowest BCUT2D eigenvalue weighted by Crippen LogP contribution is -2.33. The first-order valence-corrected chi connectivity index (χ1v) is 6.42. The molecular weight excluding hydrogens is 284 g/mol. The molecule has 0 saturated carbocycles. The third-order valence-electron chi connectivity index (χ3n) is 3.56. The summed E-state index contributed by atoms with van der Waals surface area (Å²) in [6.07, 6.45) is -0.236. The zero-order valence-corrected chi connectivity index (χ0v) is 11.4. The van der Waals surface area contributed by atoms with E-state index in [0.29, 0.717) is 0 Å². The number of carbonyl (C=O) groups is 2. The highest BCUT2D eigenvalue weighted by atomic mass is 19.1. The van der Waals surface area contributed by atoms with Crippen LogP contribution in [-0.4, -0.2) is 42.1 Å². The van der Waals surface area contributed by atoms with Gasteiger partial charge in [0.05, 0.1) is 18.6 Å². The van der Waals surface area contributed by atoms with Gasteiger partial charge in [-0.15, -0.1) is 0 Å². The van der Waals surface area contributed by atoms with Crippen LogP contribution in [0.5, 0.6) is 0 Å². The Kier molecular flexibility index (Phi) is 4.52. The highest BCUT2D eigenvalue weighted by molar-refractivity contribution is 5.87. The molecule has 1 heterocycles. The smallest absolute Gasteiger partial charge is 0.309 e. The van der Waals surface area contributed by atoms with Crippen LogP contribution >= 0.6 is 0 Å². The number of halogens is 2. The zero-order valence-electron chi connectivity index (χ0n) is 11.4. The Labute approximate surface area is 120 Å². The average molecular weight is 299 g/mol. The summed E-state index contributed by atoms with van der Waals surface area (Å²) in [5.74, 6) is -4.14. The molecule has 0 aromatic heterocycles. The molecule has 1 fully saturated rings. The highest BCUT2D eigenvalue weighted by Crippen LogP contribution is 2.39. The first kappa shape index (κ1) is 15.4. The monoisotopic (exact) mass is 299 g/mol. The second-order valence-corrected chi connectivity index (χ2v) is 4.84. The van der Waals surface area contributed by atoms with Crippen LogP contribution in [0.25, 0.3) is 0 Å². The van der Waals surface area contributed by atoms with Gasteiger partial charge in [-0.25, -0.2) is 8.78 Å². The van der Waals surface area contributed by atoms with Crippen molar-refractivity contribution in [2.24, 2.45) is 5.92 Å². The van der Waals surface area contributed by atoms with Gasteiger partial charge in [0, 0.05) is 25.6 Å². The van der Waals surface area contributed by atoms with Crippen molar-refractivity contribution in [1.29, 1.82) is 0 Å². The number of carboxylic acid groups (broad SMARTS) is 1. The van der Waals surface area contributed by atoms with Crippen LogP contribution in [0.2, 0.25) is 0 Å². The lowest BCUT2D eigenvalue weighted by molar-refractivity contribution is -0.142. The Morgan fingerprint density at radius 2 is 2.19 bits per heavy atom. The van der Waals surface area contributed by atoms with E-state index in [1.807, 2.05) is 0 Å². The number of amides is 1. The maximum absolute atomic E-state index is 14.0. The average Bonchev–Trinajstić information content (AvgIpc) is 2.76. The van der Waals surface area contributed by atoms with Crippen molar-refractivity contribution in [2.45, 2.75) is 12.5 Å². The number of nitrogens with zero attached hydrogens (tertiary/aromatic N) is 1. The third kappa shape index (κ3) is 3.02. The quantitative estimate of drug-likeness (QED) is 0.896. The van der Waals surface area contributed by atoms with Crippen molar-refractivity contribution in [3.05, 3.63) is 35.4 Å². The Hall–Kier alpha value is -2.02. The predicted molar refractivity (Wildman–Crippen MR) is 68.4 cm³/mol. The van der Waals surface area contributed by atoms with Gasteiger partial charge < -0.3 is 14.7 Å². The molecule has 0 spiro atoms. The maximum atomic E-state index is 14.0. The van der Waals surface area contributed by atoms with Gasteiger partial charge in [0.1, 0.15) is 11.6 Å². The van der Waals surface area contributed by atoms with Crippen LogP contribution in [0, 0.1) is 17.6 Å². The summed E-state index contributed by atoms with van der Waals surface area (Å²) in [6, 6.07) is 1.79. The first-order valence-electron chi connectivity index (χ1n) is 6.42. The van der Waals surface area contributed by atoms with Gasteiger partial charge in [-0.1, -0.05) is 0 Å². The molecule has 1 amide bonds. The first-order chi connectivity index (χ1) is 9.95. The van der Waals surface area contributed by atoms with Crippen molar-refractivity contribution in [3.8, 4) is 0 Å². The number of carbonyl (C=O) groups excluding carboxylic acids is 1. The van der Waals surface area contributed by atoms with Gasteiger partial charge in [0.15, 0.2) is 0 Å². The fraction of sp³-hybridized carbons (Fsp3) is 0.429. The lowest BCUT2D eigenvalue weighted by atomic mass is 9.93. The number of likely N-dealkylation sites (tertiary alicyclic amines) is 1. The normalized spacial score (nSPS) is 21.9. The molecule has 2 atom stereocenters. The second kappa shape index (κ2) is 6.17. The molecule has 0 aliphatic carbocycles. The van der Waals surface area contributed by atoms with E-state index in [-0.39, 0.29) is 25.1 Å². The van der Waals surface area contributed by atoms with Crippen LogP contribution in [0.3, 0.4) is 0 Å². The van der Waals surface area contributed by atoms with Crippen molar-refractivity contribution in [3.63, 3.8) is 0 Å². The fourth-order valence-electron chi connectivity index (χ4n) is 2.59. The van der Waals surface area contributed by atoms with Crippen LogP contribution in [-0.2, 0) is 14.3 Å². The maximum Gasteiger partial charge on any atom is 0.309 e. The predicted octanol–water partition coefficient (Wildman–Crippen LogP) is 1.59. The molecule has 114 valence electrons. The molecular formula is C14H15F2NO4. The fourth-order valence-corrected chi connectivity index (χ4v) is 2.59. The van der Waals surface area contributed by atoms with Crippen LogP contribution in [0.4, 0.5) is 8.78 Å². The van der Waals surface area contributed by atoms with Crippen molar-refractivity contribution in [2.75, 3.05) is 20.3 Å². The molecule has 5 nitrogen and oxygen atoms in total. The minimum atomic E-state index is -1.21. The Bertz CT molecular complexity index is 564. The van der Waals surface area contributed by atoms with Gasteiger partial charge in [-0.05, 0) is 18.2 Å². The van der Waals surface area contributed by atoms with E-state index in [1.54, 1.807) is 0 Å². The summed E-state index contributed by atoms with van der Waals surface area (Å²) < 4.78 is 32.2. The minimum Gasteiger partial charge on any atom is -0.481 e. The molecule has 0 radical (unpaired) electrons. The highest BCUT2D eigenvalue weighted by Gasteiger charge is 2.45. The minimum absolute atomic E-state index is 0.121. The molecule has 1 N–H and O–H groups in total. The van der Waals surface area contributed by atoms with E-state index >= 15 is 0 Å². The number of rotatable bonds is 5. The van der Waals surface area contributed by atoms with E-state index < -0.39 is 35.5 Å². The molecule has 2 unspecified atom stereocenters. The van der Waals surface area contributed by atoms with Crippen LogP contribution < -0.4 is 0 Å². The van der Waals surface area contributed by atoms with Crippen molar-refractivity contribution >= 4 is 11.9 Å². The number of aliphatic carboxylic acids is 1. The molecule has 1 aliphatic heterocycles. The number of benzene rings is 1. The second-order valence-electron chi connectivity index (χ2n) is 4.84. The van der Waals surface area contributed by atoms with Crippen LogP contribution in [0.1, 0.15) is 18.0 Å².